The predicted molar refractivity (Wildman–Crippen MR) is 82.0 cm³/mol. The Hall–Kier alpha value is -1.72. The van der Waals surface area contributed by atoms with Gasteiger partial charge in [-0.15, -0.1) is 0 Å². The molecule has 0 saturated carbocycles. The fourth-order valence-electron chi connectivity index (χ4n) is 2.29. The molecular formula is C15H22N4O. The van der Waals surface area contributed by atoms with Crippen LogP contribution in [0.3, 0.4) is 0 Å². The third-order valence-electron chi connectivity index (χ3n) is 3.37. The quantitative estimate of drug-likeness (QED) is 0.779. The molecule has 0 amide bonds. The van der Waals surface area contributed by atoms with Crippen LogP contribution in [0, 0.1) is 6.92 Å². The molecule has 5 nitrogen and oxygen atoms in total. The summed E-state index contributed by atoms with van der Waals surface area (Å²) in [7, 11) is 3.99. The predicted octanol–water partition coefficient (Wildman–Crippen LogP) is 1.27. The highest BCUT2D eigenvalue weighted by molar-refractivity contribution is 5.80. The van der Waals surface area contributed by atoms with Crippen molar-refractivity contribution in [2.75, 3.05) is 27.2 Å². The number of para-hydroxylation sites is 1. The van der Waals surface area contributed by atoms with Crippen molar-refractivity contribution in [2.24, 2.45) is 0 Å². The molecule has 0 spiro atoms. The zero-order valence-corrected chi connectivity index (χ0v) is 12.4. The molecule has 0 aliphatic heterocycles. The third kappa shape index (κ3) is 3.43. The number of benzene rings is 1. The molecule has 1 heterocycles. The van der Waals surface area contributed by atoms with E-state index in [2.05, 4.69) is 20.2 Å². The van der Waals surface area contributed by atoms with E-state index >= 15 is 0 Å². The molecule has 2 rings (SSSR count). The van der Waals surface area contributed by atoms with Gasteiger partial charge in [0.1, 0.15) is 5.82 Å². The summed E-state index contributed by atoms with van der Waals surface area (Å²) in [6, 6.07) is 5.68. The lowest BCUT2D eigenvalue weighted by molar-refractivity contribution is 0.313. The lowest BCUT2D eigenvalue weighted by atomic mass is 10.1. The van der Waals surface area contributed by atoms with Crippen molar-refractivity contribution in [3.8, 4) is 0 Å². The number of hydrogen-bond donors (Lipinski definition) is 2. The summed E-state index contributed by atoms with van der Waals surface area (Å²) >= 11 is 0. The molecule has 0 unspecified atom stereocenters. The SMILES string of the molecule is CNCCCN(C)Cc1nc2c(C)cccc2c(=O)[nH]1. The van der Waals surface area contributed by atoms with Gasteiger partial charge in [-0.2, -0.15) is 0 Å². The standard InChI is InChI=1S/C15H22N4O/c1-11-6-4-7-12-14(11)17-13(18-15(12)20)10-19(3)9-5-8-16-2/h4,6-7,16H,5,8-10H2,1-3H3,(H,17,18,20). The summed E-state index contributed by atoms with van der Waals surface area (Å²) in [4.78, 5) is 21.7. The Labute approximate surface area is 119 Å². The van der Waals surface area contributed by atoms with E-state index in [1.54, 1.807) is 0 Å². The maximum absolute atomic E-state index is 12.1. The molecule has 1 aromatic heterocycles. The van der Waals surface area contributed by atoms with Gasteiger partial charge in [0, 0.05) is 0 Å². The van der Waals surface area contributed by atoms with E-state index < -0.39 is 0 Å². The first kappa shape index (κ1) is 14.7. The van der Waals surface area contributed by atoms with Gasteiger partial charge in [0.2, 0.25) is 0 Å². The van der Waals surface area contributed by atoms with Crippen LogP contribution in [0.1, 0.15) is 17.8 Å². The Balaban J connectivity index is 2.19. The number of aryl methyl sites for hydroxylation is 1. The number of aromatic amines is 1. The van der Waals surface area contributed by atoms with Crippen molar-refractivity contribution in [1.29, 1.82) is 0 Å². The Bertz CT molecular complexity index is 635. The Kier molecular flexibility index (Phi) is 4.87. The van der Waals surface area contributed by atoms with Crippen molar-refractivity contribution < 1.29 is 0 Å². The van der Waals surface area contributed by atoms with Crippen LogP contribution in [0.5, 0.6) is 0 Å². The number of rotatable bonds is 6. The van der Waals surface area contributed by atoms with Crippen LogP contribution in [-0.2, 0) is 6.54 Å². The van der Waals surface area contributed by atoms with Gasteiger partial charge >= 0.3 is 0 Å². The minimum atomic E-state index is -0.0580. The van der Waals surface area contributed by atoms with Gasteiger partial charge in [0.25, 0.3) is 5.56 Å². The molecule has 5 heteroatoms. The van der Waals surface area contributed by atoms with Crippen molar-refractivity contribution in [2.45, 2.75) is 19.9 Å². The second-order valence-corrected chi connectivity index (χ2v) is 5.18. The van der Waals surface area contributed by atoms with Crippen LogP contribution in [0.15, 0.2) is 23.0 Å². The van der Waals surface area contributed by atoms with Crippen molar-refractivity contribution in [1.82, 2.24) is 20.2 Å². The number of hydrogen-bond acceptors (Lipinski definition) is 4. The Morgan fingerprint density at radius 3 is 2.95 bits per heavy atom. The molecule has 108 valence electrons. The van der Waals surface area contributed by atoms with Crippen LogP contribution in [0.2, 0.25) is 0 Å². The summed E-state index contributed by atoms with van der Waals surface area (Å²) in [5.41, 5.74) is 1.78. The normalized spacial score (nSPS) is 11.4. The molecular weight excluding hydrogens is 252 g/mol. The summed E-state index contributed by atoms with van der Waals surface area (Å²) in [6.45, 7) is 4.60. The molecule has 1 aromatic carbocycles. The molecule has 0 bridgehead atoms. The second-order valence-electron chi connectivity index (χ2n) is 5.18. The molecule has 0 aliphatic carbocycles. The largest absolute Gasteiger partial charge is 0.320 e. The van der Waals surface area contributed by atoms with E-state index in [0.29, 0.717) is 11.9 Å². The third-order valence-corrected chi connectivity index (χ3v) is 3.37. The first-order valence-electron chi connectivity index (χ1n) is 6.93. The molecule has 0 fully saturated rings. The smallest absolute Gasteiger partial charge is 0.258 e. The zero-order valence-electron chi connectivity index (χ0n) is 12.4. The van der Waals surface area contributed by atoms with E-state index in [0.717, 1.165) is 36.4 Å². The van der Waals surface area contributed by atoms with Crippen molar-refractivity contribution >= 4 is 10.9 Å². The average molecular weight is 274 g/mol. The van der Waals surface area contributed by atoms with Crippen LogP contribution >= 0.6 is 0 Å². The van der Waals surface area contributed by atoms with Crippen LogP contribution in [-0.4, -0.2) is 42.1 Å². The molecule has 2 N–H and O–H groups in total. The minimum absolute atomic E-state index is 0.0580. The van der Waals surface area contributed by atoms with Crippen molar-refractivity contribution in [3.05, 3.63) is 39.9 Å². The maximum Gasteiger partial charge on any atom is 0.258 e. The molecule has 0 radical (unpaired) electrons. The molecule has 0 aliphatic rings. The van der Waals surface area contributed by atoms with Crippen LogP contribution in [0.25, 0.3) is 10.9 Å². The number of nitrogens with one attached hydrogen (secondary N) is 2. The van der Waals surface area contributed by atoms with Gasteiger partial charge in [-0.3, -0.25) is 9.69 Å². The van der Waals surface area contributed by atoms with E-state index in [1.807, 2.05) is 39.2 Å². The van der Waals surface area contributed by atoms with Gasteiger partial charge in [-0.25, -0.2) is 4.98 Å². The Morgan fingerprint density at radius 2 is 2.20 bits per heavy atom. The zero-order chi connectivity index (χ0) is 14.5. The van der Waals surface area contributed by atoms with Gasteiger partial charge in [-0.05, 0) is 52.2 Å². The summed E-state index contributed by atoms with van der Waals surface area (Å²) in [6.07, 6.45) is 1.07. The maximum atomic E-state index is 12.1. The first-order chi connectivity index (χ1) is 9.61. The lowest BCUT2D eigenvalue weighted by Gasteiger charge is -2.16. The molecule has 2 aromatic rings. The number of fused-ring (bicyclic) bond motifs is 1. The van der Waals surface area contributed by atoms with Crippen LogP contribution < -0.4 is 10.9 Å². The lowest BCUT2D eigenvalue weighted by Crippen LogP contribution is -2.25. The van der Waals surface area contributed by atoms with E-state index in [1.165, 1.54) is 0 Å². The highest BCUT2D eigenvalue weighted by Crippen LogP contribution is 2.12. The van der Waals surface area contributed by atoms with Crippen molar-refractivity contribution in [3.63, 3.8) is 0 Å². The summed E-state index contributed by atoms with van der Waals surface area (Å²) in [5.74, 6) is 0.726. The van der Waals surface area contributed by atoms with Crippen LogP contribution in [0.4, 0.5) is 0 Å². The van der Waals surface area contributed by atoms with E-state index in [4.69, 9.17) is 0 Å². The van der Waals surface area contributed by atoms with Gasteiger partial charge in [-0.1, -0.05) is 12.1 Å². The fourth-order valence-corrected chi connectivity index (χ4v) is 2.29. The highest BCUT2D eigenvalue weighted by atomic mass is 16.1. The number of nitrogens with zero attached hydrogens (tertiary/aromatic N) is 2. The number of aromatic nitrogens is 2. The average Bonchev–Trinajstić information content (AvgIpc) is 2.40. The second kappa shape index (κ2) is 6.63. The topological polar surface area (TPSA) is 61.0 Å². The van der Waals surface area contributed by atoms with Gasteiger partial charge < -0.3 is 10.3 Å². The summed E-state index contributed by atoms with van der Waals surface area (Å²) in [5, 5.41) is 3.79. The minimum Gasteiger partial charge on any atom is -0.320 e. The monoisotopic (exact) mass is 274 g/mol. The van der Waals surface area contributed by atoms with E-state index in [-0.39, 0.29) is 5.56 Å². The van der Waals surface area contributed by atoms with Gasteiger partial charge in [0.05, 0.1) is 17.4 Å². The fraction of sp³-hybridized carbons (Fsp3) is 0.467. The van der Waals surface area contributed by atoms with Gasteiger partial charge in [0.15, 0.2) is 0 Å². The highest BCUT2D eigenvalue weighted by Gasteiger charge is 2.07. The van der Waals surface area contributed by atoms with E-state index in [9.17, 15) is 4.79 Å². The molecule has 20 heavy (non-hydrogen) atoms. The number of H-pyrrole nitrogens is 1. The molecule has 0 atom stereocenters. The first-order valence-corrected chi connectivity index (χ1v) is 6.93. The molecule has 0 saturated heterocycles. The Morgan fingerprint density at radius 1 is 1.40 bits per heavy atom. The summed E-state index contributed by atoms with van der Waals surface area (Å²) < 4.78 is 0.